The lowest BCUT2D eigenvalue weighted by atomic mass is 9.97. The molecule has 0 bridgehead atoms. The normalized spacial score (nSPS) is 17.6. The summed E-state index contributed by atoms with van der Waals surface area (Å²) in [6, 6.07) is 8.23. The fraction of sp³-hybridized carbons (Fsp3) is 0.400. The van der Waals surface area contributed by atoms with Gasteiger partial charge in [-0.1, -0.05) is 43.3 Å². The summed E-state index contributed by atoms with van der Waals surface area (Å²) in [4.78, 5) is 22.1. The average molecular weight is 366 g/mol. The van der Waals surface area contributed by atoms with Crippen LogP contribution in [0.1, 0.15) is 38.2 Å². The Morgan fingerprint density at radius 2 is 2.04 bits per heavy atom. The van der Waals surface area contributed by atoms with Crippen molar-refractivity contribution in [1.29, 1.82) is 0 Å². The molecule has 0 spiro atoms. The standard InChI is InChI=1S/C20H22N4O3/c1-12(2)13-5-7-14(8-6-13)17-16-18(21-11-22-19(16)27-23-17)24-9-3-4-15(10-24)20(25)26/h5-8,11-12,15H,3-4,9-10H2,1-2H3,(H,25,26). The van der Waals surface area contributed by atoms with E-state index in [-0.39, 0.29) is 0 Å². The largest absolute Gasteiger partial charge is 0.481 e. The van der Waals surface area contributed by atoms with Crippen LogP contribution in [0.15, 0.2) is 35.1 Å². The number of anilines is 1. The molecule has 1 saturated heterocycles. The third kappa shape index (κ3) is 3.25. The maximum atomic E-state index is 11.4. The Morgan fingerprint density at radius 1 is 1.26 bits per heavy atom. The van der Waals surface area contributed by atoms with Crippen LogP contribution in [0.3, 0.4) is 0 Å². The van der Waals surface area contributed by atoms with Gasteiger partial charge < -0.3 is 14.5 Å². The first-order valence-corrected chi connectivity index (χ1v) is 9.23. The van der Waals surface area contributed by atoms with E-state index in [0.717, 1.165) is 23.9 Å². The Kier molecular flexibility index (Phi) is 4.51. The molecule has 1 fully saturated rings. The molecule has 2 aromatic heterocycles. The Morgan fingerprint density at radius 3 is 2.74 bits per heavy atom. The number of nitrogens with zero attached hydrogens (tertiary/aromatic N) is 4. The van der Waals surface area contributed by atoms with E-state index < -0.39 is 11.9 Å². The van der Waals surface area contributed by atoms with Crippen LogP contribution in [0.2, 0.25) is 0 Å². The molecule has 1 atom stereocenters. The number of aromatic nitrogens is 3. The smallest absolute Gasteiger partial charge is 0.308 e. The molecule has 3 aromatic rings. The topological polar surface area (TPSA) is 92.4 Å². The van der Waals surface area contributed by atoms with E-state index >= 15 is 0 Å². The van der Waals surface area contributed by atoms with Crippen molar-refractivity contribution in [2.24, 2.45) is 5.92 Å². The number of hydrogen-bond donors (Lipinski definition) is 1. The second-order valence-corrected chi connectivity index (χ2v) is 7.31. The zero-order chi connectivity index (χ0) is 19.0. The maximum absolute atomic E-state index is 11.4. The van der Waals surface area contributed by atoms with Gasteiger partial charge in [-0.15, -0.1) is 0 Å². The monoisotopic (exact) mass is 366 g/mol. The van der Waals surface area contributed by atoms with Crippen molar-refractivity contribution in [3.05, 3.63) is 36.2 Å². The second-order valence-electron chi connectivity index (χ2n) is 7.31. The third-order valence-corrected chi connectivity index (χ3v) is 5.17. The summed E-state index contributed by atoms with van der Waals surface area (Å²) in [5, 5.41) is 14.4. The molecule has 0 aliphatic carbocycles. The Hall–Kier alpha value is -2.96. The van der Waals surface area contributed by atoms with Crippen LogP contribution in [0.5, 0.6) is 0 Å². The van der Waals surface area contributed by atoms with Crippen molar-refractivity contribution in [3.8, 4) is 11.3 Å². The number of rotatable bonds is 4. The average Bonchev–Trinajstić information content (AvgIpc) is 3.12. The lowest BCUT2D eigenvalue weighted by Crippen LogP contribution is -2.39. The van der Waals surface area contributed by atoms with Crippen LogP contribution in [-0.2, 0) is 4.79 Å². The highest BCUT2D eigenvalue weighted by Gasteiger charge is 2.29. The highest BCUT2D eigenvalue weighted by Crippen LogP contribution is 2.35. The summed E-state index contributed by atoms with van der Waals surface area (Å²) < 4.78 is 5.44. The lowest BCUT2D eigenvalue weighted by molar-refractivity contribution is -0.141. The number of hydrogen-bond acceptors (Lipinski definition) is 6. The molecule has 0 amide bonds. The molecule has 1 aliphatic rings. The number of fused-ring (bicyclic) bond motifs is 1. The van der Waals surface area contributed by atoms with Crippen LogP contribution in [0.25, 0.3) is 22.4 Å². The van der Waals surface area contributed by atoms with Crippen molar-refractivity contribution in [2.75, 3.05) is 18.0 Å². The van der Waals surface area contributed by atoms with Gasteiger partial charge >= 0.3 is 5.97 Å². The van der Waals surface area contributed by atoms with Crippen molar-refractivity contribution < 1.29 is 14.4 Å². The summed E-state index contributed by atoms with van der Waals surface area (Å²) in [6.45, 7) is 5.49. The molecule has 3 heterocycles. The van der Waals surface area contributed by atoms with Gasteiger partial charge in [-0.3, -0.25) is 4.79 Å². The molecule has 140 valence electrons. The third-order valence-electron chi connectivity index (χ3n) is 5.17. The summed E-state index contributed by atoms with van der Waals surface area (Å²) >= 11 is 0. The van der Waals surface area contributed by atoms with E-state index in [1.54, 1.807) is 0 Å². The van der Waals surface area contributed by atoms with Crippen LogP contribution < -0.4 is 4.90 Å². The minimum atomic E-state index is -0.764. The van der Waals surface area contributed by atoms with E-state index in [4.69, 9.17) is 4.52 Å². The molecule has 1 unspecified atom stereocenters. The van der Waals surface area contributed by atoms with Crippen molar-refractivity contribution in [1.82, 2.24) is 15.1 Å². The van der Waals surface area contributed by atoms with Crippen LogP contribution in [0.4, 0.5) is 5.82 Å². The number of benzene rings is 1. The van der Waals surface area contributed by atoms with Crippen molar-refractivity contribution in [2.45, 2.75) is 32.6 Å². The SMILES string of the molecule is CC(C)c1ccc(-c2noc3ncnc(N4CCCC(C(=O)O)C4)c23)cc1. The first-order valence-electron chi connectivity index (χ1n) is 9.23. The molecule has 1 N–H and O–H groups in total. The van der Waals surface area contributed by atoms with Crippen LogP contribution >= 0.6 is 0 Å². The van der Waals surface area contributed by atoms with Crippen LogP contribution in [-0.4, -0.2) is 39.3 Å². The predicted molar refractivity (Wildman–Crippen MR) is 102 cm³/mol. The number of piperidine rings is 1. The fourth-order valence-electron chi connectivity index (χ4n) is 3.61. The number of carbonyl (C=O) groups is 1. The predicted octanol–water partition coefficient (Wildman–Crippen LogP) is 3.71. The van der Waals surface area contributed by atoms with Crippen molar-refractivity contribution >= 4 is 22.9 Å². The number of aliphatic carboxylic acids is 1. The zero-order valence-corrected chi connectivity index (χ0v) is 15.4. The first-order chi connectivity index (χ1) is 13.0. The van der Waals surface area contributed by atoms with Gasteiger partial charge in [0.25, 0.3) is 5.71 Å². The Balaban J connectivity index is 1.76. The van der Waals surface area contributed by atoms with Gasteiger partial charge in [0.05, 0.1) is 5.92 Å². The molecule has 1 aliphatic heterocycles. The van der Waals surface area contributed by atoms with Crippen LogP contribution in [0, 0.1) is 5.92 Å². The minimum Gasteiger partial charge on any atom is -0.481 e. The van der Waals surface area contributed by atoms with Gasteiger partial charge in [0.2, 0.25) is 0 Å². The maximum Gasteiger partial charge on any atom is 0.308 e. The highest BCUT2D eigenvalue weighted by molar-refractivity contribution is 5.98. The molecule has 0 radical (unpaired) electrons. The first kappa shape index (κ1) is 17.5. The Bertz CT molecular complexity index is 965. The van der Waals surface area contributed by atoms with E-state index in [1.807, 2.05) is 17.0 Å². The lowest BCUT2D eigenvalue weighted by Gasteiger charge is -2.31. The number of carboxylic acids is 1. The summed E-state index contributed by atoms with van der Waals surface area (Å²) in [5.74, 6) is -0.0133. The summed E-state index contributed by atoms with van der Waals surface area (Å²) in [7, 11) is 0. The van der Waals surface area contributed by atoms with Gasteiger partial charge in [-0.25, -0.2) is 4.98 Å². The zero-order valence-electron chi connectivity index (χ0n) is 15.4. The van der Waals surface area contributed by atoms with Crippen molar-refractivity contribution in [3.63, 3.8) is 0 Å². The van der Waals surface area contributed by atoms with E-state index in [1.165, 1.54) is 11.9 Å². The second kappa shape index (κ2) is 6.98. The van der Waals surface area contributed by atoms with Gasteiger partial charge in [0, 0.05) is 18.7 Å². The quantitative estimate of drug-likeness (QED) is 0.752. The molecule has 7 heteroatoms. The van der Waals surface area contributed by atoms with Gasteiger partial charge in [-0.05, 0) is 24.3 Å². The molecular weight excluding hydrogens is 344 g/mol. The van der Waals surface area contributed by atoms with E-state index in [0.29, 0.717) is 36.1 Å². The molecule has 1 aromatic carbocycles. The van der Waals surface area contributed by atoms with E-state index in [9.17, 15) is 9.90 Å². The molecular formula is C20H22N4O3. The van der Waals surface area contributed by atoms with E-state index in [2.05, 4.69) is 41.1 Å². The molecule has 27 heavy (non-hydrogen) atoms. The highest BCUT2D eigenvalue weighted by atomic mass is 16.5. The summed E-state index contributed by atoms with van der Waals surface area (Å²) in [5.41, 5.74) is 3.29. The molecule has 4 rings (SSSR count). The number of carboxylic acid groups (broad SMARTS) is 1. The van der Waals surface area contributed by atoms with Gasteiger partial charge in [0.1, 0.15) is 23.2 Å². The summed E-state index contributed by atoms with van der Waals surface area (Å²) in [6.07, 6.45) is 2.94. The van der Waals surface area contributed by atoms with Gasteiger partial charge in [0.15, 0.2) is 0 Å². The minimum absolute atomic E-state index is 0.391. The molecule has 0 saturated carbocycles. The van der Waals surface area contributed by atoms with Gasteiger partial charge in [-0.2, -0.15) is 4.98 Å². The molecule has 7 nitrogen and oxygen atoms in total. The fourth-order valence-corrected chi connectivity index (χ4v) is 3.61. The Labute approximate surface area is 157 Å².